The number of carbonyl (C=O) groups excluding carboxylic acids is 2. The predicted octanol–water partition coefficient (Wildman–Crippen LogP) is 3.92. The summed E-state index contributed by atoms with van der Waals surface area (Å²) in [6.07, 6.45) is 0. The van der Waals surface area contributed by atoms with Crippen molar-refractivity contribution in [3.63, 3.8) is 0 Å². The second kappa shape index (κ2) is 9.49. The van der Waals surface area contributed by atoms with Crippen molar-refractivity contribution in [1.82, 2.24) is 15.5 Å². The maximum atomic E-state index is 12.8. The number of benzene rings is 2. The Hall–Kier alpha value is -3.26. The van der Waals surface area contributed by atoms with Gasteiger partial charge in [0, 0.05) is 11.1 Å². The Morgan fingerprint density at radius 2 is 1.83 bits per heavy atom. The summed E-state index contributed by atoms with van der Waals surface area (Å²) in [5, 5.41) is 14.9. The summed E-state index contributed by atoms with van der Waals surface area (Å²) in [4.78, 5) is 25.5. The van der Waals surface area contributed by atoms with E-state index in [9.17, 15) is 9.59 Å². The van der Waals surface area contributed by atoms with E-state index in [2.05, 4.69) is 20.8 Å². The molecule has 0 saturated carbocycles. The van der Waals surface area contributed by atoms with Crippen LogP contribution in [0.5, 0.6) is 5.75 Å². The standard InChI is InChI=1S/C22H24N4O3S/c1-13(2)18(23-19(27)15-8-6-10-17(12-15)29-4)20(28)24-22-26-25-21(30-22)16-9-5-7-14(3)11-16/h5-13,18H,1-4H3,(H,23,27)(H,24,26,28). The van der Waals surface area contributed by atoms with Gasteiger partial charge in [0.2, 0.25) is 11.0 Å². The lowest BCUT2D eigenvalue weighted by atomic mass is 10.0. The van der Waals surface area contributed by atoms with Crippen LogP contribution in [0.4, 0.5) is 5.13 Å². The largest absolute Gasteiger partial charge is 0.497 e. The van der Waals surface area contributed by atoms with Gasteiger partial charge in [0.25, 0.3) is 5.91 Å². The van der Waals surface area contributed by atoms with E-state index >= 15 is 0 Å². The molecule has 3 rings (SSSR count). The van der Waals surface area contributed by atoms with Gasteiger partial charge in [0.15, 0.2) is 0 Å². The van der Waals surface area contributed by atoms with Crippen LogP contribution in [0.15, 0.2) is 48.5 Å². The molecule has 0 bridgehead atoms. The highest BCUT2D eigenvalue weighted by Gasteiger charge is 2.26. The lowest BCUT2D eigenvalue weighted by Crippen LogP contribution is -2.47. The molecule has 0 aliphatic carbocycles. The van der Waals surface area contributed by atoms with E-state index in [0.29, 0.717) is 16.4 Å². The number of methoxy groups -OCH3 is 1. The van der Waals surface area contributed by atoms with Crippen LogP contribution >= 0.6 is 11.3 Å². The van der Waals surface area contributed by atoms with Crippen LogP contribution in [-0.4, -0.2) is 35.2 Å². The lowest BCUT2D eigenvalue weighted by Gasteiger charge is -2.21. The zero-order chi connectivity index (χ0) is 21.7. The fourth-order valence-corrected chi connectivity index (χ4v) is 3.62. The molecule has 7 nitrogen and oxygen atoms in total. The minimum absolute atomic E-state index is 0.122. The van der Waals surface area contributed by atoms with Crippen LogP contribution in [0, 0.1) is 12.8 Å². The van der Waals surface area contributed by atoms with Crippen LogP contribution in [0.25, 0.3) is 10.6 Å². The van der Waals surface area contributed by atoms with Crippen LogP contribution in [0.2, 0.25) is 0 Å². The number of aromatic nitrogens is 2. The molecule has 0 aliphatic rings. The normalized spacial score (nSPS) is 11.8. The summed E-state index contributed by atoms with van der Waals surface area (Å²) in [5.74, 6) is -0.233. The summed E-state index contributed by atoms with van der Waals surface area (Å²) >= 11 is 1.29. The van der Waals surface area contributed by atoms with Crippen molar-refractivity contribution in [2.24, 2.45) is 5.92 Å². The van der Waals surface area contributed by atoms with Gasteiger partial charge in [-0.3, -0.25) is 14.9 Å². The fourth-order valence-electron chi connectivity index (χ4n) is 2.88. The van der Waals surface area contributed by atoms with Gasteiger partial charge in [-0.25, -0.2) is 0 Å². The van der Waals surface area contributed by atoms with E-state index in [-0.39, 0.29) is 17.7 Å². The molecule has 1 unspecified atom stereocenters. The SMILES string of the molecule is COc1cccc(C(=O)NC(C(=O)Nc2nnc(-c3cccc(C)c3)s2)C(C)C)c1. The Balaban J connectivity index is 1.71. The molecule has 0 radical (unpaired) electrons. The number of nitrogens with one attached hydrogen (secondary N) is 2. The summed E-state index contributed by atoms with van der Waals surface area (Å²) < 4.78 is 5.16. The summed E-state index contributed by atoms with van der Waals surface area (Å²) in [7, 11) is 1.54. The Labute approximate surface area is 179 Å². The van der Waals surface area contributed by atoms with Crippen molar-refractivity contribution in [2.75, 3.05) is 12.4 Å². The van der Waals surface area contributed by atoms with Crippen molar-refractivity contribution in [1.29, 1.82) is 0 Å². The van der Waals surface area contributed by atoms with Crippen molar-refractivity contribution in [2.45, 2.75) is 26.8 Å². The molecule has 1 aromatic heterocycles. The third-order valence-electron chi connectivity index (χ3n) is 4.49. The number of nitrogens with zero attached hydrogens (tertiary/aromatic N) is 2. The third-order valence-corrected chi connectivity index (χ3v) is 5.38. The van der Waals surface area contributed by atoms with Crippen LogP contribution < -0.4 is 15.4 Å². The molecule has 0 spiro atoms. The van der Waals surface area contributed by atoms with E-state index in [0.717, 1.165) is 16.1 Å². The van der Waals surface area contributed by atoms with Crippen LogP contribution in [0.1, 0.15) is 29.8 Å². The zero-order valence-electron chi connectivity index (χ0n) is 17.3. The Morgan fingerprint density at radius 3 is 2.53 bits per heavy atom. The number of rotatable bonds is 7. The van der Waals surface area contributed by atoms with Gasteiger partial charge >= 0.3 is 0 Å². The average Bonchev–Trinajstić information content (AvgIpc) is 3.20. The highest BCUT2D eigenvalue weighted by atomic mass is 32.1. The number of carbonyl (C=O) groups is 2. The molecule has 3 aromatic rings. The monoisotopic (exact) mass is 424 g/mol. The van der Waals surface area contributed by atoms with Gasteiger partial charge in [-0.05, 0) is 37.1 Å². The van der Waals surface area contributed by atoms with Crippen molar-refractivity contribution < 1.29 is 14.3 Å². The number of amides is 2. The number of hydrogen-bond donors (Lipinski definition) is 2. The predicted molar refractivity (Wildman–Crippen MR) is 118 cm³/mol. The quantitative estimate of drug-likeness (QED) is 0.600. The number of hydrogen-bond acceptors (Lipinski definition) is 6. The molecule has 30 heavy (non-hydrogen) atoms. The van der Waals surface area contributed by atoms with Gasteiger partial charge in [-0.15, -0.1) is 10.2 Å². The Bertz CT molecular complexity index is 1050. The first-order valence-corrected chi connectivity index (χ1v) is 10.4. The van der Waals surface area contributed by atoms with Crippen LogP contribution in [0.3, 0.4) is 0 Å². The maximum absolute atomic E-state index is 12.8. The third kappa shape index (κ3) is 5.21. The van der Waals surface area contributed by atoms with Gasteiger partial charge in [0.05, 0.1) is 7.11 Å². The smallest absolute Gasteiger partial charge is 0.252 e. The lowest BCUT2D eigenvalue weighted by molar-refractivity contribution is -0.118. The van der Waals surface area contributed by atoms with Gasteiger partial charge < -0.3 is 10.1 Å². The first-order valence-electron chi connectivity index (χ1n) is 9.53. The van der Waals surface area contributed by atoms with E-state index in [4.69, 9.17) is 4.74 Å². The maximum Gasteiger partial charge on any atom is 0.252 e. The second-order valence-electron chi connectivity index (χ2n) is 7.20. The average molecular weight is 425 g/mol. The molecule has 2 N–H and O–H groups in total. The minimum atomic E-state index is -0.727. The minimum Gasteiger partial charge on any atom is -0.497 e. The van der Waals surface area contributed by atoms with Crippen LogP contribution in [-0.2, 0) is 4.79 Å². The van der Waals surface area contributed by atoms with Crippen molar-refractivity contribution in [3.05, 3.63) is 59.7 Å². The molecule has 0 saturated heterocycles. The van der Waals surface area contributed by atoms with E-state index in [1.165, 1.54) is 18.4 Å². The zero-order valence-corrected chi connectivity index (χ0v) is 18.1. The fraction of sp³-hybridized carbons (Fsp3) is 0.273. The Kier molecular flexibility index (Phi) is 6.79. The van der Waals surface area contributed by atoms with E-state index in [1.54, 1.807) is 24.3 Å². The highest BCUT2D eigenvalue weighted by Crippen LogP contribution is 2.27. The number of aryl methyl sites for hydroxylation is 1. The van der Waals surface area contributed by atoms with E-state index in [1.807, 2.05) is 45.0 Å². The molecule has 2 amide bonds. The highest BCUT2D eigenvalue weighted by molar-refractivity contribution is 7.18. The molecule has 1 heterocycles. The molecule has 8 heteroatoms. The molecule has 156 valence electrons. The summed E-state index contributed by atoms with van der Waals surface area (Å²) in [6, 6.07) is 14.0. The number of anilines is 1. The first kappa shape index (κ1) is 21.4. The summed E-state index contributed by atoms with van der Waals surface area (Å²) in [6.45, 7) is 5.74. The Morgan fingerprint density at radius 1 is 1.07 bits per heavy atom. The molecule has 0 aliphatic heterocycles. The van der Waals surface area contributed by atoms with Gasteiger partial charge in [-0.2, -0.15) is 0 Å². The molecule has 2 aromatic carbocycles. The topological polar surface area (TPSA) is 93.2 Å². The van der Waals surface area contributed by atoms with Gasteiger partial charge in [0.1, 0.15) is 16.8 Å². The number of ether oxygens (including phenoxy) is 1. The molecule has 0 fully saturated rings. The van der Waals surface area contributed by atoms with E-state index < -0.39 is 6.04 Å². The summed E-state index contributed by atoms with van der Waals surface area (Å²) in [5.41, 5.74) is 2.48. The van der Waals surface area contributed by atoms with Gasteiger partial charge in [-0.1, -0.05) is 55.0 Å². The molecule has 1 atom stereocenters. The van der Waals surface area contributed by atoms with Crippen molar-refractivity contribution in [3.8, 4) is 16.3 Å². The van der Waals surface area contributed by atoms with Crippen molar-refractivity contribution >= 4 is 28.3 Å². The second-order valence-corrected chi connectivity index (χ2v) is 8.18. The molecular formula is C22H24N4O3S. The molecular weight excluding hydrogens is 400 g/mol. The first-order chi connectivity index (χ1) is 14.4.